The lowest BCUT2D eigenvalue weighted by atomic mass is 9.86. The number of hydrogen-bond acceptors (Lipinski definition) is 2. The second kappa shape index (κ2) is 7.65. The average Bonchev–Trinajstić information content (AvgIpc) is 2.35. The number of nitrogens with one attached hydrogen (secondary N) is 2. The summed E-state index contributed by atoms with van der Waals surface area (Å²) in [6.45, 7) is 7.53. The van der Waals surface area contributed by atoms with Crippen LogP contribution in [-0.4, -0.2) is 23.4 Å². The lowest BCUT2D eigenvalue weighted by Crippen LogP contribution is -2.50. The Hall–Kier alpha value is -1.06. The smallest absolute Gasteiger partial charge is 0.242 e. The lowest BCUT2D eigenvalue weighted by Gasteiger charge is -2.24. The zero-order valence-corrected chi connectivity index (χ0v) is 13.4. The Bertz CT molecular complexity index is 328. The van der Waals surface area contributed by atoms with E-state index in [0.29, 0.717) is 12.3 Å². The van der Waals surface area contributed by atoms with Crippen molar-refractivity contribution in [2.24, 2.45) is 5.92 Å². The molecule has 116 valence electrons. The molecule has 2 amide bonds. The van der Waals surface area contributed by atoms with Crippen molar-refractivity contribution in [1.82, 2.24) is 10.6 Å². The van der Waals surface area contributed by atoms with Gasteiger partial charge in [-0.05, 0) is 40.0 Å². The van der Waals surface area contributed by atoms with Gasteiger partial charge in [0.2, 0.25) is 11.8 Å². The molecule has 0 bridgehead atoms. The quantitative estimate of drug-likeness (QED) is 0.814. The molecule has 1 rings (SSSR count). The summed E-state index contributed by atoms with van der Waals surface area (Å²) in [5.41, 5.74) is -0.266. The monoisotopic (exact) mass is 282 g/mol. The van der Waals surface area contributed by atoms with E-state index in [-0.39, 0.29) is 17.4 Å². The Balaban J connectivity index is 2.25. The maximum atomic E-state index is 11.9. The van der Waals surface area contributed by atoms with E-state index in [1.54, 1.807) is 6.92 Å². The normalized spacial score (nSPS) is 18.4. The van der Waals surface area contributed by atoms with Crippen molar-refractivity contribution in [3.8, 4) is 0 Å². The molecule has 1 saturated carbocycles. The Morgan fingerprint density at radius 2 is 1.75 bits per heavy atom. The van der Waals surface area contributed by atoms with Crippen LogP contribution in [0.2, 0.25) is 0 Å². The van der Waals surface area contributed by atoms with Gasteiger partial charge in [-0.2, -0.15) is 0 Å². The summed E-state index contributed by atoms with van der Waals surface area (Å²) in [6.07, 6.45) is 7.96. The third-order valence-corrected chi connectivity index (χ3v) is 3.77. The Labute approximate surface area is 123 Å². The lowest BCUT2D eigenvalue weighted by molar-refractivity contribution is -0.129. The van der Waals surface area contributed by atoms with E-state index in [4.69, 9.17) is 0 Å². The van der Waals surface area contributed by atoms with Crippen LogP contribution in [-0.2, 0) is 9.59 Å². The van der Waals surface area contributed by atoms with Crippen LogP contribution in [0.25, 0.3) is 0 Å². The molecule has 0 aromatic carbocycles. The minimum Gasteiger partial charge on any atom is -0.350 e. The molecule has 0 spiro atoms. The van der Waals surface area contributed by atoms with Gasteiger partial charge >= 0.3 is 0 Å². The molecule has 0 heterocycles. The second-order valence-electron chi connectivity index (χ2n) is 7.07. The molecule has 20 heavy (non-hydrogen) atoms. The van der Waals surface area contributed by atoms with Crippen molar-refractivity contribution in [3.63, 3.8) is 0 Å². The van der Waals surface area contributed by atoms with Gasteiger partial charge in [-0.25, -0.2) is 0 Å². The maximum absolute atomic E-state index is 11.9. The molecule has 1 atom stereocenters. The van der Waals surface area contributed by atoms with Gasteiger partial charge in [0.15, 0.2) is 0 Å². The zero-order chi connectivity index (χ0) is 15.2. The fourth-order valence-corrected chi connectivity index (χ4v) is 2.67. The fourth-order valence-electron chi connectivity index (χ4n) is 2.67. The summed E-state index contributed by atoms with van der Waals surface area (Å²) in [7, 11) is 0. The molecule has 0 aliphatic heterocycles. The van der Waals surface area contributed by atoms with E-state index in [9.17, 15) is 9.59 Å². The number of carbonyl (C=O) groups is 2. The first-order valence-corrected chi connectivity index (χ1v) is 7.89. The first-order valence-electron chi connectivity index (χ1n) is 7.89. The topological polar surface area (TPSA) is 58.2 Å². The number of amides is 2. The van der Waals surface area contributed by atoms with E-state index in [2.05, 4.69) is 10.6 Å². The van der Waals surface area contributed by atoms with Gasteiger partial charge in [0, 0.05) is 12.0 Å². The Morgan fingerprint density at radius 3 is 2.30 bits per heavy atom. The van der Waals surface area contributed by atoms with E-state index >= 15 is 0 Å². The van der Waals surface area contributed by atoms with E-state index < -0.39 is 6.04 Å². The Kier molecular flexibility index (Phi) is 6.50. The van der Waals surface area contributed by atoms with Gasteiger partial charge < -0.3 is 10.6 Å². The van der Waals surface area contributed by atoms with E-state index in [1.165, 1.54) is 32.1 Å². The highest BCUT2D eigenvalue weighted by Crippen LogP contribution is 2.27. The molecular weight excluding hydrogens is 252 g/mol. The summed E-state index contributed by atoms with van der Waals surface area (Å²) < 4.78 is 0. The molecule has 4 nitrogen and oxygen atoms in total. The summed E-state index contributed by atoms with van der Waals surface area (Å²) in [4.78, 5) is 23.7. The van der Waals surface area contributed by atoms with Gasteiger partial charge in [-0.1, -0.05) is 32.1 Å². The Morgan fingerprint density at radius 1 is 1.15 bits per heavy atom. The van der Waals surface area contributed by atoms with Crippen molar-refractivity contribution in [2.75, 3.05) is 0 Å². The predicted octanol–water partition coefficient (Wildman–Crippen LogP) is 2.77. The van der Waals surface area contributed by atoms with Gasteiger partial charge in [0.05, 0.1) is 0 Å². The van der Waals surface area contributed by atoms with Crippen molar-refractivity contribution >= 4 is 11.8 Å². The highest BCUT2D eigenvalue weighted by Gasteiger charge is 2.21. The first-order chi connectivity index (χ1) is 9.28. The summed E-state index contributed by atoms with van der Waals surface area (Å²) in [6, 6.07) is -0.465. The second-order valence-corrected chi connectivity index (χ2v) is 7.07. The first kappa shape index (κ1) is 17.0. The maximum Gasteiger partial charge on any atom is 0.242 e. The van der Waals surface area contributed by atoms with Crippen molar-refractivity contribution in [1.29, 1.82) is 0 Å². The molecule has 0 unspecified atom stereocenters. The summed E-state index contributed by atoms with van der Waals surface area (Å²) in [5.74, 6) is 0.573. The van der Waals surface area contributed by atoms with Gasteiger partial charge in [0.25, 0.3) is 0 Å². The largest absolute Gasteiger partial charge is 0.350 e. The van der Waals surface area contributed by atoms with Gasteiger partial charge in [-0.3, -0.25) is 9.59 Å². The number of hydrogen-bond donors (Lipinski definition) is 2. The third-order valence-electron chi connectivity index (χ3n) is 3.77. The SMILES string of the molecule is C[C@@H](NC(=O)CCC1CCCCC1)C(=O)NC(C)(C)C. The van der Waals surface area contributed by atoms with Crippen LogP contribution >= 0.6 is 0 Å². The molecule has 1 fully saturated rings. The van der Waals surface area contributed by atoms with Crippen LogP contribution in [0.4, 0.5) is 0 Å². The highest BCUT2D eigenvalue weighted by molar-refractivity contribution is 5.87. The van der Waals surface area contributed by atoms with Gasteiger partial charge in [-0.15, -0.1) is 0 Å². The van der Waals surface area contributed by atoms with Crippen LogP contribution in [0.3, 0.4) is 0 Å². The number of rotatable bonds is 5. The minimum absolute atomic E-state index is 0.00728. The minimum atomic E-state index is -0.465. The molecule has 1 aliphatic rings. The van der Waals surface area contributed by atoms with Crippen LogP contribution in [0, 0.1) is 5.92 Å². The van der Waals surface area contributed by atoms with Gasteiger partial charge in [0.1, 0.15) is 6.04 Å². The van der Waals surface area contributed by atoms with Crippen molar-refractivity contribution < 1.29 is 9.59 Å². The van der Waals surface area contributed by atoms with E-state index in [1.807, 2.05) is 20.8 Å². The fraction of sp³-hybridized carbons (Fsp3) is 0.875. The summed E-state index contributed by atoms with van der Waals surface area (Å²) in [5, 5.41) is 5.67. The molecule has 2 N–H and O–H groups in total. The molecule has 0 radical (unpaired) electrons. The van der Waals surface area contributed by atoms with Crippen LogP contribution < -0.4 is 10.6 Å². The van der Waals surface area contributed by atoms with E-state index in [0.717, 1.165) is 6.42 Å². The van der Waals surface area contributed by atoms with Crippen LogP contribution in [0.5, 0.6) is 0 Å². The third kappa shape index (κ3) is 6.92. The van der Waals surface area contributed by atoms with Crippen LogP contribution in [0.1, 0.15) is 72.6 Å². The highest BCUT2D eigenvalue weighted by atomic mass is 16.2. The molecule has 0 aromatic heterocycles. The van der Waals surface area contributed by atoms with Crippen molar-refractivity contribution in [3.05, 3.63) is 0 Å². The molecule has 0 aromatic rings. The standard InChI is InChI=1S/C16H30N2O2/c1-12(15(20)18-16(2,3)4)17-14(19)11-10-13-8-6-5-7-9-13/h12-13H,5-11H2,1-4H3,(H,17,19)(H,18,20)/t12-/m1/s1. The molecule has 0 saturated heterocycles. The average molecular weight is 282 g/mol. The predicted molar refractivity (Wildman–Crippen MR) is 81.3 cm³/mol. The van der Waals surface area contributed by atoms with Crippen molar-refractivity contribution in [2.45, 2.75) is 84.2 Å². The zero-order valence-electron chi connectivity index (χ0n) is 13.4. The number of carbonyl (C=O) groups excluding carboxylic acids is 2. The molecule has 4 heteroatoms. The van der Waals surface area contributed by atoms with Crippen LogP contribution in [0.15, 0.2) is 0 Å². The summed E-state index contributed by atoms with van der Waals surface area (Å²) >= 11 is 0. The molecular formula is C16H30N2O2. The molecule has 1 aliphatic carbocycles.